The van der Waals surface area contributed by atoms with Crippen LogP contribution in [0.5, 0.6) is 0 Å². The average Bonchev–Trinajstić information content (AvgIpc) is 2.38. The van der Waals surface area contributed by atoms with E-state index in [0.717, 1.165) is 5.56 Å². The van der Waals surface area contributed by atoms with E-state index in [0.29, 0.717) is 35.2 Å². The molecule has 1 aromatic carbocycles. The van der Waals surface area contributed by atoms with Gasteiger partial charge in [-0.2, -0.15) is 5.10 Å². The first-order valence-electron chi connectivity index (χ1n) is 5.85. The van der Waals surface area contributed by atoms with E-state index in [1.165, 1.54) is 10.7 Å². The first-order valence-corrected chi connectivity index (χ1v) is 6.61. The van der Waals surface area contributed by atoms with E-state index in [-0.39, 0.29) is 5.56 Å². The predicted molar refractivity (Wildman–Crippen MR) is 77.6 cm³/mol. The van der Waals surface area contributed by atoms with E-state index in [9.17, 15) is 4.79 Å². The molecule has 0 saturated carbocycles. The molecule has 2 N–H and O–H groups in total. The van der Waals surface area contributed by atoms with E-state index in [2.05, 4.69) is 5.10 Å². The van der Waals surface area contributed by atoms with E-state index >= 15 is 0 Å². The summed E-state index contributed by atoms with van der Waals surface area (Å²) < 4.78 is 1.40. The molecule has 0 amide bonds. The molecular weight excluding hydrogens is 285 g/mol. The lowest BCUT2D eigenvalue weighted by atomic mass is 10.1. The molecule has 0 fully saturated rings. The van der Waals surface area contributed by atoms with Crippen molar-refractivity contribution in [1.29, 1.82) is 0 Å². The summed E-state index contributed by atoms with van der Waals surface area (Å²) in [7, 11) is 0. The van der Waals surface area contributed by atoms with Crippen LogP contribution in [0.4, 0.5) is 0 Å². The molecule has 19 heavy (non-hydrogen) atoms. The van der Waals surface area contributed by atoms with Gasteiger partial charge in [0.05, 0.1) is 10.7 Å². The third-order valence-electron chi connectivity index (χ3n) is 2.65. The standard InChI is InChI=1S/C13H13Cl2N3O/c14-9-2-3-10(11(15)8-9)12-4-5-13(19)18(17-12)7-1-6-16/h2-5,8H,1,6-7,16H2. The molecule has 6 heteroatoms. The minimum atomic E-state index is -0.151. The van der Waals surface area contributed by atoms with Crippen molar-refractivity contribution in [3.63, 3.8) is 0 Å². The van der Waals surface area contributed by atoms with Gasteiger partial charge >= 0.3 is 0 Å². The molecule has 0 unspecified atom stereocenters. The summed E-state index contributed by atoms with van der Waals surface area (Å²) in [6.45, 7) is 1.01. The van der Waals surface area contributed by atoms with Crippen molar-refractivity contribution in [2.45, 2.75) is 13.0 Å². The molecule has 0 aliphatic carbocycles. The summed E-state index contributed by atoms with van der Waals surface area (Å²) in [6.07, 6.45) is 0.699. The fourth-order valence-corrected chi connectivity index (χ4v) is 2.20. The largest absolute Gasteiger partial charge is 0.330 e. The van der Waals surface area contributed by atoms with Crippen LogP contribution in [0.1, 0.15) is 6.42 Å². The van der Waals surface area contributed by atoms with Crippen molar-refractivity contribution in [3.05, 3.63) is 50.7 Å². The average molecular weight is 298 g/mol. The minimum absolute atomic E-state index is 0.151. The van der Waals surface area contributed by atoms with Crippen molar-refractivity contribution >= 4 is 23.2 Å². The van der Waals surface area contributed by atoms with Crippen molar-refractivity contribution in [3.8, 4) is 11.3 Å². The molecule has 0 saturated heterocycles. The van der Waals surface area contributed by atoms with Gasteiger partial charge in [0, 0.05) is 23.2 Å². The second-order valence-electron chi connectivity index (χ2n) is 4.05. The molecule has 0 bridgehead atoms. The number of nitrogens with zero attached hydrogens (tertiary/aromatic N) is 2. The number of halogens is 2. The Labute approximate surface area is 120 Å². The highest BCUT2D eigenvalue weighted by Crippen LogP contribution is 2.28. The van der Waals surface area contributed by atoms with Crippen LogP contribution in [-0.2, 0) is 6.54 Å². The third-order valence-corrected chi connectivity index (χ3v) is 3.20. The minimum Gasteiger partial charge on any atom is -0.330 e. The summed E-state index contributed by atoms with van der Waals surface area (Å²) in [6, 6.07) is 8.29. The number of hydrogen-bond acceptors (Lipinski definition) is 3. The number of benzene rings is 1. The molecule has 1 aromatic heterocycles. The maximum atomic E-state index is 11.7. The van der Waals surface area contributed by atoms with E-state index in [4.69, 9.17) is 28.9 Å². The maximum Gasteiger partial charge on any atom is 0.266 e. The van der Waals surface area contributed by atoms with Crippen LogP contribution < -0.4 is 11.3 Å². The Morgan fingerprint density at radius 3 is 2.68 bits per heavy atom. The molecule has 4 nitrogen and oxygen atoms in total. The smallest absolute Gasteiger partial charge is 0.266 e. The molecule has 0 atom stereocenters. The van der Waals surface area contributed by atoms with Gasteiger partial charge in [0.2, 0.25) is 0 Å². The van der Waals surface area contributed by atoms with Crippen molar-refractivity contribution in [2.75, 3.05) is 6.54 Å². The number of aryl methyl sites for hydroxylation is 1. The number of aromatic nitrogens is 2. The number of hydrogen-bond donors (Lipinski definition) is 1. The molecule has 0 aliphatic rings. The van der Waals surface area contributed by atoms with Gasteiger partial charge in [-0.3, -0.25) is 4.79 Å². The molecule has 0 radical (unpaired) electrons. The quantitative estimate of drug-likeness (QED) is 0.943. The Hall–Kier alpha value is -1.36. The topological polar surface area (TPSA) is 60.9 Å². The van der Waals surface area contributed by atoms with Gasteiger partial charge in [0.15, 0.2) is 0 Å². The zero-order valence-corrected chi connectivity index (χ0v) is 11.7. The Morgan fingerprint density at radius 1 is 1.21 bits per heavy atom. The van der Waals surface area contributed by atoms with Crippen LogP contribution in [0.25, 0.3) is 11.3 Å². The Morgan fingerprint density at radius 2 is 2.00 bits per heavy atom. The van der Waals surface area contributed by atoms with Crippen molar-refractivity contribution in [2.24, 2.45) is 5.73 Å². The monoisotopic (exact) mass is 297 g/mol. The molecule has 1 heterocycles. The summed E-state index contributed by atoms with van der Waals surface area (Å²) in [5.41, 5.74) is 6.67. The first kappa shape index (κ1) is 14.1. The van der Waals surface area contributed by atoms with E-state index in [1.54, 1.807) is 24.3 Å². The summed E-state index contributed by atoms with van der Waals surface area (Å²) in [5.74, 6) is 0. The van der Waals surface area contributed by atoms with Crippen molar-refractivity contribution < 1.29 is 0 Å². The SMILES string of the molecule is NCCCn1nc(-c2ccc(Cl)cc2Cl)ccc1=O. The van der Waals surface area contributed by atoms with Gasteiger partial charge in [-0.15, -0.1) is 0 Å². The van der Waals surface area contributed by atoms with Crippen LogP contribution in [-0.4, -0.2) is 16.3 Å². The number of nitrogens with two attached hydrogens (primary N) is 1. The summed E-state index contributed by atoms with van der Waals surface area (Å²) in [4.78, 5) is 11.7. The summed E-state index contributed by atoms with van der Waals surface area (Å²) in [5, 5.41) is 5.36. The fourth-order valence-electron chi connectivity index (χ4n) is 1.69. The molecule has 2 aromatic rings. The highest BCUT2D eigenvalue weighted by atomic mass is 35.5. The third kappa shape index (κ3) is 3.35. The van der Waals surface area contributed by atoms with Gasteiger partial charge < -0.3 is 5.73 Å². The van der Waals surface area contributed by atoms with Gasteiger partial charge in [-0.1, -0.05) is 23.2 Å². The Kier molecular flexibility index (Phi) is 4.58. The van der Waals surface area contributed by atoms with E-state index < -0.39 is 0 Å². The predicted octanol–water partition coefficient (Wildman–Crippen LogP) is 2.57. The lowest BCUT2D eigenvalue weighted by Crippen LogP contribution is -2.23. The maximum absolute atomic E-state index is 11.7. The normalized spacial score (nSPS) is 10.7. The second kappa shape index (κ2) is 6.19. The molecule has 0 spiro atoms. The van der Waals surface area contributed by atoms with Gasteiger partial charge in [0.1, 0.15) is 0 Å². The Bertz CT molecular complexity index is 640. The molecule has 0 aliphatic heterocycles. The Balaban J connectivity index is 2.42. The zero-order chi connectivity index (χ0) is 13.8. The van der Waals surface area contributed by atoms with Gasteiger partial charge in [-0.05, 0) is 37.2 Å². The van der Waals surface area contributed by atoms with Crippen molar-refractivity contribution in [1.82, 2.24) is 9.78 Å². The molecule has 100 valence electrons. The lowest BCUT2D eigenvalue weighted by molar-refractivity contribution is 0.556. The van der Waals surface area contributed by atoms with Gasteiger partial charge in [-0.25, -0.2) is 4.68 Å². The van der Waals surface area contributed by atoms with Crippen LogP contribution in [0.2, 0.25) is 10.0 Å². The van der Waals surface area contributed by atoms with Gasteiger partial charge in [0.25, 0.3) is 5.56 Å². The molecular formula is C13H13Cl2N3O. The fraction of sp³-hybridized carbons (Fsp3) is 0.231. The highest BCUT2D eigenvalue weighted by molar-refractivity contribution is 6.36. The zero-order valence-electron chi connectivity index (χ0n) is 10.1. The lowest BCUT2D eigenvalue weighted by Gasteiger charge is -2.08. The summed E-state index contributed by atoms with van der Waals surface area (Å²) >= 11 is 12.0. The van der Waals surface area contributed by atoms with Crippen LogP contribution in [0.15, 0.2) is 35.1 Å². The first-order chi connectivity index (χ1) is 9.11. The van der Waals surface area contributed by atoms with Crippen LogP contribution in [0, 0.1) is 0 Å². The second-order valence-corrected chi connectivity index (χ2v) is 4.89. The van der Waals surface area contributed by atoms with Crippen LogP contribution in [0.3, 0.4) is 0 Å². The molecule has 2 rings (SSSR count). The van der Waals surface area contributed by atoms with Crippen LogP contribution >= 0.6 is 23.2 Å². The van der Waals surface area contributed by atoms with E-state index in [1.807, 2.05) is 0 Å². The number of rotatable bonds is 4. The highest BCUT2D eigenvalue weighted by Gasteiger charge is 2.07.